The van der Waals surface area contributed by atoms with E-state index in [2.05, 4.69) is 19.9 Å². The summed E-state index contributed by atoms with van der Waals surface area (Å²) in [5.41, 5.74) is 19.0. The van der Waals surface area contributed by atoms with Gasteiger partial charge in [-0.2, -0.15) is 0 Å². The van der Waals surface area contributed by atoms with Gasteiger partial charge in [0.25, 0.3) is 5.91 Å². The number of rotatable bonds is 5. The number of hydrogen-bond acceptors (Lipinski definition) is 8. The number of fused-ring (bicyclic) bond motifs is 1. The summed E-state index contributed by atoms with van der Waals surface area (Å²) in [4.78, 5) is 26.4. The number of nitrogens with zero attached hydrogens (tertiary/aromatic N) is 4. The number of aromatic nitrogens is 3. The van der Waals surface area contributed by atoms with Crippen LogP contribution in [0, 0.1) is 35.9 Å². The average molecular weight is 477 g/mol. The van der Waals surface area contributed by atoms with Gasteiger partial charge in [-0.05, 0) is 61.4 Å². The van der Waals surface area contributed by atoms with Gasteiger partial charge in [0.1, 0.15) is 23.0 Å². The number of nitrogens with one attached hydrogen (secondary N) is 1. The molecule has 1 aliphatic carbocycles. The number of nitrogens with two attached hydrogens (primary N) is 3. The second-order valence-electron chi connectivity index (χ2n) is 8.84. The molecule has 2 fully saturated rings. The lowest BCUT2D eigenvalue weighted by Crippen LogP contribution is -2.32. The lowest BCUT2D eigenvalue weighted by molar-refractivity contribution is 0.0995. The quantitative estimate of drug-likeness (QED) is 0.410. The molecule has 1 saturated carbocycles. The minimum Gasteiger partial charge on any atom is -0.382 e. The molecule has 0 spiro atoms. The summed E-state index contributed by atoms with van der Waals surface area (Å²) >= 11 is 0. The normalized spacial score (nSPS) is 20.3. The van der Waals surface area contributed by atoms with Gasteiger partial charge in [-0.3, -0.25) is 15.2 Å². The molecule has 3 atom stereocenters. The van der Waals surface area contributed by atoms with Crippen LogP contribution in [0.3, 0.4) is 0 Å². The van der Waals surface area contributed by atoms with Crippen LogP contribution in [0.15, 0.2) is 48.8 Å². The Morgan fingerprint density at radius 2 is 1.94 bits per heavy atom. The monoisotopic (exact) mass is 476 g/mol. The number of piperidine rings is 1. The van der Waals surface area contributed by atoms with E-state index in [-0.39, 0.29) is 23.0 Å². The fraction of sp³-hybridized carbons (Fsp3) is 0.320. The number of halogens is 1. The Balaban J connectivity index is 0.000000356. The minimum absolute atomic E-state index is 0.113. The first-order chi connectivity index (χ1) is 16.8. The van der Waals surface area contributed by atoms with E-state index in [0.29, 0.717) is 28.7 Å². The molecule has 2 aliphatic rings. The first-order valence-corrected chi connectivity index (χ1v) is 11.4. The van der Waals surface area contributed by atoms with E-state index in [4.69, 9.17) is 22.6 Å². The molecule has 10 heteroatoms. The Morgan fingerprint density at radius 3 is 2.51 bits per heavy atom. The molecule has 3 unspecified atom stereocenters. The largest absolute Gasteiger partial charge is 0.382 e. The average Bonchev–Trinajstić information content (AvgIpc) is 3.56. The van der Waals surface area contributed by atoms with Gasteiger partial charge in [-0.1, -0.05) is 18.2 Å². The van der Waals surface area contributed by atoms with E-state index in [0.717, 1.165) is 37.8 Å². The molecule has 1 amide bonds. The summed E-state index contributed by atoms with van der Waals surface area (Å²) < 4.78 is 11.9. The number of nitrogen functional groups attached to an aromatic ring is 1. The number of anilines is 2. The van der Waals surface area contributed by atoms with Crippen LogP contribution in [-0.4, -0.2) is 46.2 Å². The molecule has 0 radical (unpaired) electrons. The molecule has 9 nitrogen and oxygen atoms in total. The fourth-order valence-electron chi connectivity index (χ4n) is 4.66. The Labute approximate surface area is 203 Å². The van der Waals surface area contributed by atoms with Crippen molar-refractivity contribution >= 4 is 23.3 Å². The first kappa shape index (κ1) is 24.2. The van der Waals surface area contributed by atoms with E-state index >= 15 is 0 Å². The fourth-order valence-corrected chi connectivity index (χ4v) is 4.66. The topological polar surface area (TPSA) is 161 Å². The van der Waals surface area contributed by atoms with Gasteiger partial charge < -0.3 is 22.1 Å². The van der Waals surface area contributed by atoms with Crippen molar-refractivity contribution in [2.45, 2.75) is 13.3 Å². The number of carbonyl (C=O) groups excluding carboxylic acids is 1. The van der Waals surface area contributed by atoms with Gasteiger partial charge in [-0.15, -0.1) is 0 Å². The number of aryl methyl sites for hydroxylation is 1. The molecule has 2 aromatic heterocycles. The maximum atomic E-state index is 11.9. The zero-order valence-corrected chi connectivity index (χ0v) is 19.5. The van der Waals surface area contributed by atoms with Gasteiger partial charge in [-0.25, -0.2) is 14.4 Å². The summed E-state index contributed by atoms with van der Waals surface area (Å²) in [6, 6.07) is 9.49. The number of hydrogen-bond donors (Lipinski definition) is 4. The van der Waals surface area contributed by atoms with Crippen molar-refractivity contribution in [3.8, 4) is 0 Å². The SMILES string of the molecule is Cc1cc(C(N)=O)ncc1C(=N)c1ncc(N2CCC3C(CN)C3C2)nc1N.Fc1ccccc1. The highest BCUT2D eigenvalue weighted by molar-refractivity contribution is 6.13. The molecule has 3 heterocycles. The zero-order valence-electron chi connectivity index (χ0n) is 19.5. The molecular weight excluding hydrogens is 447 g/mol. The number of pyridine rings is 1. The van der Waals surface area contributed by atoms with Crippen LogP contribution in [0.25, 0.3) is 0 Å². The lowest BCUT2D eigenvalue weighted by atomic mass is 10.0. The zero-order chi connectivity index (χ0) is 25.1. The van der Waals surface area contributed by atoms with Crippen molar-refractivity contribution < 1.29 is 9.18 Å². The van der Waals surface area contributed by atoms with Gasteiger partial charge in [0.2, 0.25) is 0 Å². The predicted molar refractivity (Wildman–Crippen MR) is 133 cm³/mol. The van der Waals surface area contributed by atoms with Gasteiger partial charge >= 0.3 is 0 Å². The van der Waals surface area contributed by atoms with Crippen molar-refractivity contribution in [1.29, 1.82) is 5.41 Å². The Hall–Kier alpha value is -3.92. The van der Waals surface area contributed by atoms with Crippen LogP contribution >= 0.6 is 0 Å². The van der Waals surface area contributed by atoms with E-state index in [1.54, 1.807) is 37.4 Å². The lowest BCUT2D eigenvalue weighted by Gasteiger charge is -2.27. The van der Waals surface area contributed by atoms with Crippen LogP contribution in [0.4, 0.5) is 16.0 Å². The highest BCUT2D eigenvalue weighted by Gasteiger charge is 2.51. The smallest absolute Gasteiger partial charge is 0.267 e. The molecule has 3 aromatic rings. The summed E-state index contributed by atoms with van der Waals surface area (Å²) in [5, 5.41) is 8.47. The molecule has 7 N–H and O–H groups in total. The molecule has 1 saturated heterocycles. The number of benzene rings is 1. The maximum Gasteiger partial charge on any atom is 0.267 e. The molecule has 0 bridgehead atoms. The van der Waals surface area contributed by atoms with E-state index < -0.39 is 5.91 Å². The van der Waals surface area contributed by atoms with Crippen molar-refractivity contribution in [2.24, 2.45) is 29.2 Å². The molecule has 182 valence electrons. The van der Waals surface area contributed by atoms with Crippen molar-refractivity contribution in [2.75, 3.05) is 30.3 Å². The van der Waals surface area contributed by atoms with Crippen molar-refractivity contribution in [3.63, 3.8) is 0 Å². The maximum absolute atomic E-state index is 11.9. The number of amides is 1. The second kappa shape index (κ2) is 10.1. The Morgan fingerprint density at radius 1 is 1.20 bits per heavy atom. The molecule has 5 rings (SSSR count). The number of carbonyl (C=O) groups is 1. The summed E-state index contributed by atoms with van der Waals surface area (Å²) in [6.45, 7) is 4.37. The van der Waals surface area contributed by atoms with E-state index in [9.17, 15) is 9.18 Å². The first-order valence-electron chi connectivity index (χ1n) is 11.4. The molecule has 1 aliphatic heterocycles. The van der Waals surface area contributed by atoms with Crippen LogP contribution in [0.2, 0.25) is 0 Å². The predicted octanol–water partition coefficient (Wildman–Crippen LogP) is 2.13. The third kappa shape index (κ3) is 5.27. The highest BCUT2D eigenvalue weighted by atomic mass is 19.1. The third-order valence-electron chi connectivity index (χ3n) is 6.66. The van der Waals surface area contributed by atoms with E-state index in [1.165, 1.54) is 18.3 Å². The van der Waals surface area contributed by atoms with Crippen LogP contribution in [0.5, 0.6) is 0 Å². The number of primary amides is 1. The Bertz CT molecular complexity index is 1230. The molecular formula is C25H29FN8O. The third-order valence-corrected chi connectivity index (χ3v) is 6.66. The van der Waals surface area contributed by atoms with Gasteiger partial charge in [0.15, 0.2) is 5.82 Å². The van der Waals surface area contributed by atoms with Crippen LogP contribution in [0.1, 0.15) is 33.7 Å². The highest BCUT2D eigenvalue weighted by Crippen LogP contribution is 2.51. The van der Waals surface area contributed by atoms with Crippen molar-refractivity contribution in [1.82, 2.24) is 15.0 Å². The summed E-state index contributed by atoms with van der Waals surface area (Å²) in [5.74, 6) is 2.16. The summed E-state index contributed by atoms with van der Waals surface area (Å²) in [7, 11) is 0. The summed E-state index contributed by atoms with van der Waals surface area (Å²) in [6.07, 6.45) is 4.22. The van der Waals surface area contributed by atoms with Crippen molar-refractivity contribution in [3.05, 3.63) is 77.1 Å². The van der Waals surface area contributed by atoms with Gasteiger partial charge in [0, 0.05) is 24.8 Å². The van der Waals surface area contributed by atoms with Crippen LogP contribution in [-0.2, 0) is 0 Å². The second-order valence-corrected chi connectivity index (χ2v) is 8.84. The molecule has 35 heavy (non-hydrogen) atoms. The Kier molecular flexibility index (Phi) is 7.02. The van der Waals surface area contributed by atoms with E-state index in [1.807, 2.05) is 0 Å². The minimum atomic E-state index is -0.610. The van der Waals surface area contributed by atoms with Crippen LogP contribution < -0.4 is 22.1 Å². The van der Waals surface area contributed by atoms with Gasteiger partial charge in [0.05, 0.1) is 11.9 Å². The molecule has 1 aromatic carbocycles. The standard InChI is InChI=1S/C19H24N8O.C6H5F/c1-9-4-14(19(23)28)24-6-12(9)16(21)17-18(22)26-15(7-25-17)27-3-2-10-11(5-20)13(10)8-27;7-6-4-2-1-3-5-6/h4,6-7,10-11,13,21H,2-3,5,8,20H2,1H3,(H2,22,26)(H2,23,28);1-5H.